The third-order valence-corrected chi connectivity index (χ3v) is 3.53. The minimum atomic E-state index is -0.855. The Morgan fingerprint density at radius 3 is 2.36 bits per heavy atom. The van der Waals surface area contributed by atoms with Crippen molar-refractivity contribution in [1.82, 2.24) is 0 Å². The number of ether oxygens (including phenoxy) is 1. The average molecular weight is 348 g/mol. The highest BCUT2D eigenvalue weighted by Gasteiger charge is 2.14. The summed E-state index contributed by atoms with van der Waals surface area (Å²) in [6.07, 6.45) is -0.0393. The Labute approximate surface area is 144 Å². The molecule has 5 nitrogen and oxygen atoms in total. The van der Waals surface area contributed by atoms with Crippen molar-refractivity contribution in [2.75, 3.05) is 23.9 Å². The smallest absolute Gasteiger partial charge is 0.226 e. The molecule has 0 aliphatic heterocycles. The van der Waals surface area contributed by atoms with E-state index < -0.39 is 17.5 Å². The lowest BCUT2D eigenvalue weighted by atomic mass is 10.2. The van der Waals surface area contributed by atoms with Crippen LogP contribution in [0.5, 0.6) is 5.75 Å². The minimum Gasteiger partial charge on any atom is -0.497 e. The summed E-state index contributed by atoms with van der Waals surface area (Å²) in [5.74, 6) is -1.64. The Balaban J connectivity index is 2.00. The van der Waals surface area contributed by atoms with E-state index in [1.54, 1.807) is 24.3 Å². The highest BCUT2D eigenvalue weighted by Crippen LogP contribution is 2.20. The molecule has 1 N–H and O–H groups in total. The molecule has 0 unspecified atom stereocenters. The molecular weight excluding hydrogens is 330 g/mol. The van der Waals surface area contributed by atoms with Gasteiger partial charge < -0.3 is 15.0 Å². The molecule has 2 amide bonds. The van der Waals surface area contributed by atoms with Crippen LogP contribution in [0.1, 0.15) is 13.3 Å². The van der Waals surface area contributed by atoms with Gasteiger partial charge in [0.15, 0.2) is 0 Å². The Kier molecular flexibility index (Phi) is 6.05. The van der Waals surface area contributed by atoms with Gasteiger partial charge in [-0.3, -0.25) is 9.59 Å². The van der Waals surface area contributed by atoms with Crippen LogP contribution in [-0.4, -0.2) is 25.5 Å². The number of nitrogens with zero attached hydrogens (tertiary/aromatic N) is 1. The van der Waals surface area contributed by atoms with Crippen LogP contribution in [0.25, 0.3) is 0 Å². The summed E-state index contributed by atoms with van der Waals surface area (Å²) in [5.41, 5.74) is 0.513. The van der Waals surface area contributed by atoms with Crippen LogP contribution in [0.4, 0.5) is 20.2 Å². The van der Waals surface area contributed by atoms with Gasteiger partial charge in [-0.2, -0.15) is 0 Å². The number of amides is 2. The number of rotatable bonds is 6. The fourth-order valence-electron chi connectivity index (χ4n) is 2.25. The van der Waals surface area contributed by atoms with E-state index in [1.807, 2.05) is 0 Å². The van der Waals surface area contributed by atoms with Crippen molar-refractivity contribution < 1.29 is 23.1 Å². The molecule has 0 aromatic heterocycles. The zero-order valence-electron chi connectivity index (χ0n) is 13.9. The summed E-state index contributed by atoms with van der Waals surface area (Å²) in [4.78, 5) is 25.2. The zero-order chi connectivity index (χ0) is 18.4. The lowest BCUT2D eigenvalue weighted by molar-refractivity contribution is -0.117. The van der Waals surface area contributed by atoms with Crippen LogP contribution in [0.15, 0.2) is 42.5 Å². The first-order valence-electron chi connectivity index (χ1n) is 7.57. The molecule has 0 atom stereocenters. The standard InChI is InChI=1S/C18H18F2N2O3/c1-12(23)22(14-4-6-15(25-2)7-5-14)10-9-18(24)21-17-8-3-13(19)11-16(17)20/h3-8,11H,9-10H2,1-2H3,(H,21,24). The van der Waals surface area contributed by atoms with Gasteiger partial charge in [0, 0.05) is 31.6 Å². The van der Waals surface area contributed by atoms with Gasteiger partial charge in [0.25, 0.3) is 0 Å². The van der Waals surface area contributed by atoms with Crippen molar-refractivity contribution in [3.8, 4) is 5.75 Å². The van der Waals surface area contributed by atoms with E-state index in [1.165, 1.54) is 18.9 Å². The van der Waals surface area contributed by atoms with Gasteiger partial charge >= 0.3 is 0 Å². The van der Waals surface area contributed by atoms with Crippen LogP contribution in [0, 0.1) is 11.6 Å². The van der Waals surface area contributed by atoms with Crippen molar-refractivity contribution >= 4 is 23.2 Å². The summed E-state index contributed by atoms with van der Waals surface area (Å²) in [6, 6.07) is 9.72. The Morgan fingerprint density at radius 1 is 1.12 bits per heavy atom. The number of anilines is 2. The van der Waals surface area contributed by atoms with Gasteiger partial charge in [-0.15, -0.1) is 0 Å². The Bertz CT molecular complexity index is 763. The highest BCUT2D eigenvalue weighted by atomic mass is 19.1. The first kappa shape index (κ1) is 18.4. The monoisotopic (exact) mass is 348 g/mol. The van der Waals surface area contributed by atoms with Crippen molar-refractivity contribution in [2.24, 2.45) is 0 Å². The van der Waals surface area contributed by atoms with Gasteiger partial charge in [-0.1, -0.05) is 0 Å². The molecule has 2 aromatic carbocycles. The fourth-order valence-corrected chi connectivity index (χ4v) is 2.25. The van der Waals surface area contributed by atoms with E-state index in [2.05, 4.69) is 5.32 Å². The lowest BCUT2D eigenvalue weighted by Crippen LogP contribution is -2.32. The molecule has 0 aliphatic rings. The van der Waals surface area contributed by atoms with Gasteiger partial charge in [0.05, 0.1) is 12.8 Å². The maximum Gasteiger partial charge on any atom is 0.226 e. The normalized spacial score (nSPS) is 10.2. The molecule has 0 fully saturated rings. The molecule has 2 rings (SSSR count). The summed E-state index contributed by atoms with van der Waals surface area (Å²) in [6.45, 7) is 1.51. The van der Waals surface area contributed by atoms with E-state index in [-0.39, 0.29) is 24.6 Å². The molecule has 25 heavy (non-hydrogen) atoms. The van der Waals surface area contributed by atoms with E-state index >= 15 is 0 Å². The van der Waals surface area contributed by atoms with Gasteiger partial charge in [-0.05, 0) is 36.4 Å². The van der Waals surface area contributed by atoms with Crippen molar-refractivity contribution in [1.29, 1.82) is 0 Å². The molecule has 0 heterocycles. The van der Waals surface area contributed by atoms with E-state index in [0.717, 1.165) is 12.1 Å². The van der Waals surface area contributed by atoms with Gasteiger partial charge in [-0.25, -0.2) is 8.78 Å². The van der Waals surface area contributed by atoms with Gasteiger partial charge in [0.2, 0.25) is 11.8 Å². The zero-order valence-corrected chi connectivity index (χ0v) is 13.9. The van der Waals surface area contributed by atoms with Crippen LogP contribution in [0.2, 0.25) is 0 Å². The maximum absolute atomic E-state index is 13.5. The van der Waals surface area contributed by atoms with Crippen LogP contribution in [-0.2, 0) is 9.59 Å². The third-order valence-electron chi connectivity index (χ3n) is 3.53. The predicted octanol–water partition coefficient (Wildman–Crippen LogP) is 3.36. The Morgan fingerprint density at radius 2 is 1.80 bits per heavy atom. The molecule has 0 saturated heterocycles. The number of carbonyl (C=O) groups is 2. The number of nitrogens with one attached hydrogen (secondary N) is 1. The van der Waals surface area contributed by atoms with Crippen molar-refractivity contribution in [2.45, 2.75) is 13.3 Å². The summed E-state index contributed by atoms with van der Waals surface area (Å²) >= 11 is 0. The lowest BCUT2D eigenvalue weighted by Gasteiger charge is -2.21. The summed E-state index contributed by atoms with van der Waals surface area (Å²) in [5, 5.41) is 2.36. The van der Waals surface area contributed by atoms with Gasteiger partial charge in [0.1, 0.15) is 17.4 Å². The number of benzene rings is 2. The maximum atomic E-state index is 13.5. The second-order valence-electron chi connectivity index (χ2n) is 5.29. The van der Waals surface area contributed by atoms with E-state index in [0.29, 0.717) is 17.5 Å². The molecular formula is C18H18F2N2O3. The number of halogens is 2. The highest BCUT2D eigenvalue weighted by molar-refractivity contribution is 5.94. The number of methoxy groups -OCH3 is 1. The molecule has 0 radical (unpaired) electrons. The summed E-state index contributed by atoms with van der Waals surface area (Å²) < 4.78 is 31.5. The Hall–Kier alpha value is -2.96. The molecule has 0 aliphatic carbocycles. The third kappa shape index (κ3) is 5.00. The quantitative estimate of drug-likeness (QED) is 0.871. The second-order valence-corrected chi connectivity index (χ2v) is 5.29. The van der Waals surface area contributed by atoms with Crippen LogP contribution in [0.3, 0.4) is 0 Å². The number of hydrogen-bond donors (Lipinski definition) is 1. The first-order valence-corrected chi connectivity index (χ1v) is 7.57. The SMILES string of the molecule is COc1ccc(N(CCC(=O)Nc2ccc(F)cc2F)C(C)=O)cc1. The molecule has 0 bridgehead atoms. The predicted molar refractivity (Wildman–Crippen MR) is 90.6 cm³/mol. The van der Waals surface area contributed by atoms with Crippen LogP contribution < -0.4 is 15.0 Å². The average Bonchev–Trinajstić information content (AvgIpc) is 2.58. The number of hydrogen-bond acceptors (Lipinski definition) is 3. The summed E-state index contributed by atoms with van der Waals surface area (Å²) in [7, 11) is 1.54. The largest absolute Gasteiger partial charge is 0.497 e. The first-order chi connectivity index (χ1) is 11.9. The number of carbonyl (C=O) groups excluding carboxylic acids is 2. The second kappa shape index (κ2) is 8.23. The van der Waals surface area contributed by atoms with Crippen molar-refractivity contribution in [3.05, 3.63) is 54.1 Å². The molecule has 2 aromatic rings. The van der Waals surface area contributed by atoms with Crippen molar-refractivity contribution in [3.63, 3.8) is 0 Å². The van der Waals surface area contributed by atoms with Crippen LogP contribution >= 0.6 is 0 Å². The molecule has 0 spiro atoms. The van der Waals surface area contributed by atoms with E-state index in [9.17, 15) is 18.4 Å². The minimum absolute atomic E-state index is 0.0393. The molecule has 132 valence electrons. The molecule has 7 heteroatoms. The van der Waals surface area contributed by atoms with E-state index in [4.69, 9.17) is 4.74 Å². The topological polar surface area (TPSA) is 58.6 Å². The fraction of sp³-hybridized carbons (Fsp3) is 0.222. The molecule has 0 saturated carbocycles.